The maximum absolute atomic E-state index is 11.6. The molecule has 0 unspecified atom stereocenters. The summed E-state index contributed by atoms with van der Waals surface area (Å²) in [6.45, 7) is 5.40. The summed E-state index contributed by atoms with van der Waals surface area (Å²) in [5.41, 5.74) is 1.19. The van der Waals surface area contributed by atoms with E-state index in [4.69, 9.17) is 4.74 Å². The summed E-state index contributed by atoms with van der Waals surface area (Å²) in [5.74, 6) is 2.18. The molecule has 0 aromatic heterocycles. The van der Waals surface area contributed by atoms with Crippen molar-refractivity contribution in [2.45, 2.75) is 26.3 Å². The average Bonchev–Trinajstić information content (AvgIpc) is 2.64. The van der Waals surface area contributed by atoms with Gasteiger partial charge in [0.15, 0.2) is 5.96 Å². The molecule has 1 fully saturated rings. The Hall–Kier alpha value is -1.07. The normalized spacial score (nSPS) is 16.4. The van der Waals surface area contributed by atoms with Gasteiger partial charge in [0, 0.05) is 40.3 Å². The standard InChI is InChI=1S/C19H32N4O3S.HI/c1-5-26-18-8-6-17(7-9-18)15-22(3)19(20-2)21-14-16-10-12-23(13-11-16)27(4,24)25;/h6-9,16H,5,10-15H2,1-4H3,(H,20,21);1H. The second-order valence-electron chi connectivity index (χ2n) is 6.97. The molecule has 1 heterocycles. The highest BCUT2D eigenvalue weighted by molar-refractivity contribution is 14.0. The number of hydrogen-bond donors (Lipinski definition) is 1. The number of halogens is 1. The Kier molecular flexibility index (Phi) is 10.5. The lowest BCUT2D eigenvalue weighted by molar-refractivity contribution is 0.273. The summed E-state index contributed by atoms with van der Waals surface area (Å²) in [6, 6.07) is 8.10. The van der Waals surface area contributed by atoms with Crippen LogP contribution in [0.4, 0.5) is 0 Å². The Morgan fingerprint density at radius 3 is 2.39 bits per heavy atom. The van der Waals surface area contributed by atoms with Gasteiger partial charge in [0.25, 0.3) is 0 Å². The summed E-state index contributed by atoms with van der Waals surface area (Å²) in [6.07, 6.45) is 3.03. The molecule has 0 radical (unpaired) electrons. The molecule has 1 saturated heterocycles. The molecule has 0 bridgehead atoms. The van der Waals surface area contributed by atoms with Crippen LogP contribution >= 0.6 is 24.0 Å². The second kappa shape index (κ2) is 11.8. The maximum atomic E-state index is 11.6. The van der Waals surface area contributed by atoms with E-state index in [0.29, 0.717) is 25.6 Å². The number of sulfonamides is 1. The Balaban J connectivity index is 0.00000392. The van der Waals surface area contributed by atoms with Gasteiger partial charge in [0.05, 0.1) is 12.9 Å². The Morgan fingerprint density at radius 2 is 1.89 bits per heavy atom. The number of ether oxygens (including phenoxy) is 1. The number of benzene rings is 1. The number of rotatable bonds is 7. The van der Waals surface area contributed by atoms with Gasteiger partial charge in [0.2, 0.25) is 10.0 Å². The molecule has 0 atom stereocenters. The van der Waals surface area contributed by atoms with Crippen LogP contribution in [0.1, 0.15) is 25.3 Å². The van der Waals surface area contributed by atoms with Crippen molar-refractivity contribution in [3.63, 3.8) is 0 Å². The van der Waals surface area contributed by atoms with Crippen LogP contribution in [0, 0.1) is 5.92 Å². The third-order valence-electron chi connectivity index (χ3n) is 4.82. The fourth-order valence-corrected chi connectivity index (χ4v) is 4.15. The predicted octanol–water partition coefficient (Wildman–Crippen LogP) is 2.38. The van der Waals surface area contributed by atoms with Crippen molar-refractivity contribution in [1.82, 2.24) is 14.5 Å². The van der Waals surface area contributed by atoms with Crippen molar-refractivity contribution in [1.29, 1.82) is 0 Å². The van der Waals surface area contributed by atoms with E-state index in [0.717, 1.165) is 37.6 Å². The lowest BCUT2D eigenvalue weighted by Crippen LogP contribution is -2.44. The van der Waals surface area contributed by atoms with Gasteiger partial charge in [-0.15, -0.1) is 24.0 Å². The summed E-state index contributed by atoms with van der Waals surface area (Å²) in [7, 11) is 0.725. The SMILES string of the molecule is CCOc1ccc(CN(C)C(=NC)NCC2CCN(S(C)(=O)=O)CC2)cc1.I. The number of aliphatic imine (C=N–C) groups is 1. The van der Waals surface area contributed by atoms with Crippen molar-refractivity contribution in [2.24, 2.45) is 10.9 Å². The van der Waals surface area contributed by atoms with Gasteiger partial charge in [-0.05, 0) is 43.4 Å². The molecule has 2 rings (SSSR count). The van der Waals surface area contributed by atoms with E-state index >= 15 is 0 Å². The van der Waals surface area contributed by atoms with Crippen LogP contribution < -0.4 is 10.1 Å². The molecule has 7 nitrogen and oxygen atoms in total. The Labute approximate surface area is 186 Å². The molecular formula is C19H33IN4O3S. The van der Waals surface area contributed by atoms with Crippen molar-refractivity contribution in [3.05, 3.63) is 29.8 Å². The Bertz CT molecular complexity index is 717. The first-order valence-corrected chi connectivity index (χ1v) is 11.3. The molecular weight excluding hydrogens is 491 g/mol. The average molecular weight is 524 g/mol. The molecule has 28 heavy (non-hydrogen) atoms. The first-order chi connectivity index (χ1) is 12.8. The van der Waals surface area contributed by atoms with Crippen LogP contribution in [0.3, 0.4) is 0 Å². The molecule has 0 saturated carbocycles. The lowest BCUT2D eigenvalue weighted by atomic mass is 9.98. The molecule has 9 heteroatoms. The minimum absolute atomic E-state index is 0. The number of nitrogens with zero attached hydrogens (tertiary/aromatic N) is 3. The van der Waals surface area contributed by atoms with Crippen molar-refractivity contribution < 1.29 is 13.2 Å². The molecule has 0 aliphatic carbocycles. The largest absolute Gasteiger partial charge is 0.494 e. The summed E-state index contributed by atoms with van der Waals surface area (Å²) in [5, 5.41) is 3.43. The minimum atomic E-state index is -3.07. The molecule has 1 aliphatic heterocycles. The fourth-order valence-electron chi connectivity index (χ4n) is 3.27. The number of piperidine rings is 1. The van der Waals surface area contributed by atoms with E-state index in [9.17, 15) is 8.42 Å². The van der Waals surface area contributed by atoms with E-state index in [1.165, 1.54) is 11.8 Å². The van der Waals surface area contributed by atoms with Gasteiger partial charge in [-0.2, -0.15) is 0 Å². The van der Waals surface area contributed by atoms with Gasteiger partial charge in [-0.1, -0.05) is 12.1 Å². The van der Waals surface area contributed by atoms with E-state index < -0.39 is 10.0 Å². The number of nitrogens with one attached hydrogen (secondary N) is 1. The Morgan fingerprint density at radius 1 is 1.29 bits per heavy atom. The van der Waals surface area contributed by atoms with Crippen LogP contribution in [0.2, 0.25) is 0 Å². The second-order valence-corrected chi connectivity index (χ2v) is 8.95. The van der Waals surface area contributed by atoms with E-state index in [-0.39, 0.29) is 24.0 Å². The molecule has 0 spiro atoms. The maximum Gasteiger partial charge on any atom is 0.211 e. The third kappa shape index (κ3) is 7.75. The zero-order valence-corrected chi connectivity index (χ0v) is 20.4. The van der Waals surface area contributed by atoms with Gasteiger partial charge in [0.1, 0.15) is 5.75 Å². The summed E-state index contributed by atoms with van der Waals surface area (Å²) >= 11 is 0. The molecule has 1 aromatic rings. The molecule has 1 aromatic carbocycles. The van der Waals surface area contributed by atoms with E-state index in [2.05, 4.69) is 27.3 Å². The monoisotopic (exact) mass is 524 g/mol. The highest BCUT2D eigenvalue weighted by Crippen LogP contribution is 2.18. The van der Waals surface area contributed by atoms with Crippen LogP contribution in [0.25, 0.3) is 0 Å². The van der Waals surface area contributed by atoms with E-state index in [1.807, 2.05) is 26.1 Å². The van der Waals surface area contributed by atoms with Crippen molar-refractivity contribution >= 4 is 40.0 Å². The van der Waals surface area contributed by atoms with Gasteiger partial charge in [-0.3, -0.25) is 4.99 Å². The van der Waals surface area contributed by atoms with Gasteiger partial charge in [-0.25, -0.2) is 12.7 Å². The number of guanidine groups is 1. The van der Waals surface area contributed by atoms with Crippen molar-refractivity contribution in [3.8, 4) is 5.75 Å². The zero-order chi connectivity index (χ0) is 19.9. The van der Waals surface area contributed by atoms with Crippen LogP contribution in [-0.4, -0.2) is 70.2 Å². The lowest BCUT2D eigenvalue weighted by Gasteiger charge is -2.31. The summed E-state index contributed by atoms with van der Waals surface area (Å²) < 4.78 is 30.2. The number of hydrogen-bond acceptors (Lipinski definition) is 4. The molecule has 1 aliphatic rings. The predicted molar refractivity (Wildman–Crippen MR) is 125 cm³/mol. The molecule has 0 amide bonds. The van der Waals surface area contributed by atoms with Crippen LogP contribution in [0.15, 0.2) is 29.3 Å². The first kappa shape index (κ1) is 25.0. The van der Waals surface area contributed by atoms with E-state index in [1.54, 1.807) is 11.4 Å². The quantitative estimate of drug-likeness (QED) is 0.337. The van der Waals surface area contributed by atoms with Crippen LogP contribution in [0.5, 0.6) is 5.75 Å². The summed E-state index contributed by atoms with van der Waals surface area (Å²) in [4.78, 5) is 6.45. The van der Waals surface area contributed by atoms with Crippen molar-refractivity contribution in [2.75, 3.05) is 46.6 Å². The molecule has 160 valence electrons. The highest BCUT2D eigenvalue weighted by Gasteiger charge is 2.25. The molecule has 1 N–H and O–H groups in total. The van der Waals surface area contributed by atoms with Gasteiger partial charge < -0.3 is 15.0 Å². The van der Waals surface area contributed by atoms with Gasteiger partial charge >= 0.3 is 0 Å². The highest BCUT2D eigenvalue weighted by atomic mass is 127. The topological polar surface area (TPSA) is 74.2 Å². The third-order valence-corrected chi connectivity index (χ3v) is 6.12. The minimum Gasteiger partial charge on any atom is -0.494 e. The fraction of sp³-hybridized carbons (Fsp3) is 0.632. The van der Waals surface area contributed by atoms with Crippen LogP contribution in [-0.2, 0) is 16.6 Å². The zero-order valence-electron chi connectivity index (χ0n) is 17.2. The smallest absolute Gasteiger partial charge is 0.211 e. The first-order valence-electron chi connectivity index (χ1n) is 9.42.